The van der Waals surface area contributed by atoms with Gasteiger partial charge in [0.15, 0.2) is 5.69 Å². The average molecular weight is 260 g/mol. The lowest BCUT2D eigenvalue weighted by Crippen LogP contribution is -2.33. The second kappa shape index (κ2) is 4.53. The van der Waals surface area contributed by atoms with E-state index < -0.39 is 0 Å². The number of aryl methyl sites for hydroxylation is 2. The van der Waals surface area contributed by atoms with Gasteiger partial charge in [0.2, 0.25) is 0 Å². The Morgan fingerprint density at radius 1 is 1.58 bits per heavy atom. The molecule has 0 aromatic carbocycles. The van der Waals surface area contributed by atoms with Crippen molar-refractivity contribution in [3.8, 4) is 0 Å². The van der Waals surface area contributed by atoms with Gasteiger partial charge in [0.25, 0.3) is 5.91 Å². The lowest BCUT2D eigenvalue weighted by molar-refractivity contribution is 0.0713. The van der Waals surface area contributed by atoms with Crippen molar-refractivity contribution >= 4 is 5.91 Å². The lowest BCUT2D eigenvalue weighted by Gasteiger charge is -2.20. The molecule has 1 amide bonds. The maximum atomic E-state index is 12.4. The molecule has 6 nitrogen and oxygen atoms in total. The SMILES string of the molecule is Cc1cc(C(=O)N(Cc2nccn2C)C2CC2)no1. The standard InChI is InChI=1S/C13H16N4O2/c1-9-7-11(15-19-9)13(18)17(10-3-4-10)8-12-14-5-6-16(12)2/h5-7,10H,3-4,8H2,1-2H3. The molecule has 1 fully saturated rings. The summed E-state index contributed by atoms with van der Waals surface area (Å²) in [6.45, 7) is 2.29. The third-order valence-electron chi connectivity index (χ3n) is 3.33. The smallest absolute Gasteiger partial charge is 0.276 e. The number of imidazole rings is 1. The van der Waals surface area contributed by atoms with Gasteiger partial charge in [-0.2, -0.15) is 0 Å². The molecular formula is C13H16N4O2. The molecular weight excluding hydrogens is 244 g/mol. The number of hydrogen-bond donors (Lipinski definition) is 0. The first-order chi connectivity index (χ1) is 9.15. The molecule has 19 heavy (non-hydrogen) atoms. The van der Waals surface area contributed by atoms with Gasteiger partial charge in [-0.1, -0.05) is 5.16 Å². The van der Waals surface area contributed by atoms with Crippen LogP contribution in [-0.4, -0.2) is 31.6 Å². The maximum Gasteiger partial charge on any atom is 0.276 e. The molecule has 0 saturated heterocycles. The lowest BCUT2D eigenvalue weighted by atomic mass is 10.3. The number of hydrogen-bond acceptors (Lipinski definition) is 4. The van der Waals surface area contributed by atoms with Crippen LogP contribution in [0.3, 0.4) is 0 Å². The zero-order valence-corrected chi connectivity index (χ0v) is 11.0. The first kappa shape index (κ1) is 12.0. The monoisotopic (exact) mass is 260 g/mol. The number of amides is 1. The van der Waals surface area contributed by atoms with Crippen molar-refractivity contribution in [3.63, 3.8) is 0 Å². The number of nitrogens with zero attached hydrogens (tertiary/aromatic N) is 4. The Labute approximate surface area is 111 Å². The molecule has 2 heterocycles. The first-order valence-electron chi connectivity index (χ1n) is 6.35. The van der Waals surface area contributed by atoms with Crippen LogP contribution in [0.2, 0.25) is 0 Å². The summed E-state index contributed by atoms with van der Waals surface area (Å²) in [4.78, 5) is 18.5. The van der Waals surface area contributed by atoms with E-state index in [2.05, 4.69) is 10.1 Å². The largest absolute Gasteiger partial charge is 0.361 e. The van der Waals surface area contributed by atoms with E-state index in [1.54, 1.807) is 19.2 Å². The van der Waals surface area contributed by atoms with Crippen LogP contribution < -0.4 is 0 Å². The fourth-order valence-corrected chi connectivity index (χ4v) is 2.07. The predicted octanol–water partition coefficient (Wildman–Crippen LogP) is 1.52. The van der Waals surface area contributed by atoms with Crippen molar-refractivity contribution in [2.75, 3.05) is 0 Å². The molecule has 0 radical (unpaired) electrons. The van der Waals surface area contributed by atoms with E-state index >= 15 is 0 Å². The molecule has 0 atom stereocenters. The summed E-state index contributed by atoms with van der Waals surface area (Å²) in [5, 5.41) is 3.81. The highest BCUT2D eigenvalue weighted by Crippen LogP contribution is 2.29. The topological polar surface area (TPSA) is 64.2 Å². The van der Waals surface area contributed by atoms with Gasteiger partial charge in [0, 0.05) is 31.5 Å². The van der Waals surface area contributed by atoms with Crippen molar-refractivity contribution in [2.24, 2.45) is 7.05 Å². The van der Waals surface area contributed by atoms with Crippen molar-refractivity contribution in [1.82, 2.24) is 19.6 Å². The Morgan fingerprint density at radius 2 is 2.37 bits per heavy atom. The zero-order chi connectivity index (χ0) is 13.4. The van der Waals surface area contributed by atoms with Crippen LogP contribution in [0, 0.1) is 6.92 Å². The first-order valence-corrected chi connectivity index (χ1v) is 6.35. The van der Waals surface area contributed by atoms with Crippen LogP contribution >= 0.6 is 0 Å². The molecule has 1 aliphatic carbocycles. The van der Waals surface area contributed by atoms with Crippen molar-refractivity contribution < 1.29 is 9.32 Å². The van der Waals surface area contributed by atoms with Crippen molar-refractivity contribution in [1.29, 1.82) is 0 Å². The maximum absolute atomic E-state index is 12.4. The Kier molecular flexibility index (Phi) is 2.85. The average Bonchev–Trinajstić information content (AvgIpc) is 3.01. The van der Waals surface area contributed by atoms with Crippen LogP contribution in [0.15, 0.2) is 23.0 Å². The molecule has 0 unspecified atom stereocenters. The predicted molar refractivity (Wildman–Crippen MR) is 67.3 cm³/mol. The van der Waals surface area contributed by atoms with Gasteiger partial charge < -0.3 is 14.0 Å². The van der Waals surface area contributed by atoms with E-state index in [1.807, 2.05) is 22.7 Å². The van der Waals surface area contributed by atoms with Crippen LogP contribution in [0.4, 0.5) is 0 Å². The Morgan fingerprint density at radius 3 is 2.89 bits per heavy atom. The third-order valence-corrected chi connectivity index (χ3v) is 3.33. The molecule has 1 saturated carbocycles. The van der Waals surface area contributed by atoms with Crippen molar-refractivity contribution in [2.45, 2.75) is 32.4 Å². The van der Waals surface area contributed by atoms with E-state index in [9.17, 15) is 4.79 Å². The van der Waals surface area contributed by atoms with Crippen LogP contribution in [-0.2, 0) is 13.6 Å². The Hall–Kier alpha value is -2.11. The Bertz CT molecular complexity index is 597. The minimum absolute atomic E-state index is 0.0812. The molecule has 0 aliphatic heterocycles. The fraction of sp³-hybridized carbons (Fsp3) is 0.462. The van der Waals surface area contributed by atoms with Gasteiger partial charge in [-0.05, 0) is 19.8 Å². The number of carbonyl (C=O) groups is 1. The van der Waals surface area contributed by atoms with Crippen LogP contribution in [0.25, 0.3) is 0 Å². The van der Waals surface area contributed by atoms with Gasteiger partial charge in [0.1, 0.15) is 11.6 Å². The van der Waals surface area contributed by atoms with E-state index in [1.165, 1.54) is 0 Å². The summed E-state index contributed by atoms with van der Waals surface area (Å²) >= 11 is 0. The second-order valence-corrected chi connectivity index (χ2v) is 4.94. The highest BCUT2D eigenvalue weighted by molar-refractivity contribution is 5.92. The molecule has 0 spiro atoms. The van der Waals surface area contributed by atoms with Crippen molar-refractivity contribution in [3.05, 3.63) is 35.7 Å². The summed E-state index contributed by atoms with van der Waals surface area (Å²) in [6.07, 6.45) is 5.72. The summed E-state index contributed by atoms with van der Waals surface area (Å²) in [5.41, 5.74) is 0.374. The Balaban J connectivity index is 1.81. The molecule has 1 aliphatic rings. The summed E-state index contributed by atoms with van der Waals surface area (Å²) < 4.78 is 6.90. The zero-order valence-electron chi connectivity index (χ0n) is 11.0. The van der Waals surface area contributed by atoms with E-state index in [4.69, 9.17) is 4.52 Å². The van der Waals surface area contributed by atoms with E-state index in [0.29, 0.717) is 24.0 Å². The second-order valence-electron chi connectivity index (χ2n) is 4.94. The molecule has 2 aromatic heterocycles. The molecule has 0 bridgehead atoms. The molecule has 0 N–H and O–H groups in total. The van der Waals surface area contributed by atoms with Crippen LogP contribution in [0.1, 0.15) is 34.9 Å². The molecule has 3 rings (SSSR count). The number of rotatable bonds is 4. The number of aromatic nitrogens is 3. The van der Waals surface area contributed by atoms with Gasteiger partial charge in [-0.15, -0.1) is 0 Å². The third kappa shape index (κ3) is 2.38. The fourth-order valence-electron chi connectivity index (χ4n) is 2.07. The molecule has 2 aromatic rings. The van der Waals surface area contributed by atoms with Gasteiger partial charge >= 0.3 is 0 Å². The van der Waals surface area contributed by atoms with Gasteiger partial charge in [-0.25, -0.2) is 4.98 Å². The quantitative estimate of drug-likeness (QED) is 0.836. The molecule has 6 heteroatoms. The summed E-state index contributed by atoms with van der Waals surface area (Å²) in [6, 6.07) is 1.98. The highest BCUT2D eigenvalue weighted by atomic mass is 16.5. The summed E-state index contributed by atoms with van der Waals surface area (Å²) in [7, 11) is 1.93. The minimum atomic E-state index is -0.0812. The van der Waals surface area contributed by atoms with Crippen LogP contribution in [0.5, 0.6) is 0 Å². The van der Waals surface area contributed by atoms with Gasteiger partial charge in [-0.3, -0.25) is 4.79 Å². The normalized spacial score (nSPS) is 14.6. The van der Waals surface area contributed by atoms with E-state index in [0.717, 1.165) is 18.7 Å². The van der Waals surface area contributed by atoms with Gasteiger partial charge in [0.05, 0.1) is 6.54 Å². The minimum Gasteiger partial charge on any atom is -0.361 e. The highest BCUT2D eigenvalue weighted by Gasteiger charge is 2.34. The van der Waals surface area contributed by atoms with E-state index in [-0.39, 0.29) is 5.91 Å². The number of carbonyl (C=O) groups excluding carboxylic acids is 1. The summed E-state index contributed by atoms with van der Waals surface area (Å²) in [5.74, 6) is 1.44. The molecule has 100 valence electrons.